The number of aryl methyl sites for hydroxylation is 2. The number of benzene rings is 1. The summed E-state index contributed by atoms with van der Waals surface area (Å²) in [5, 5.41) is 13.7. The highest BCUT2D eigenvalue weighted by Crippen LogP contribution is 2.26. The van der Waals surface area contributed by atoms with Crippen LogP contribution in [0.25, 0.3) is 0 Å². The van der Waals surface area contributed by atoms with Crippen LogP contribution < -0.4 is 4.74 Å². The highest BCUT2D eigenvalue weighted by molar-refractivity contribution is 7.99. The fraction of sp³-hybridized carbons (Fsp3) is 0.278. The van der Waals surface area contributed by atoms with Gasteiger partial charge in [-0.3, -0.25) is 0 Å². The Hall–Kier alpha value is -2.25. The average molecular weight is 391 g/mol. The van der Waals surface area contributed by atoms with Crippen LogP contribution in [0.5, 0.6) is 5.75 Å². The molecule has 3 aromatic rings. The molecule has 0 saturated heterocycles. The van der Waals surface area contributed by atoms with Crippen molar-refractivity contribution >= 4 is 29.6 Å². The van der Waals surface area contributed by atoms with E-state index in [1.165, 1.54) is 0 Å². The minimum atomic E-state index is 0.331. The van der Waals surface area contributed by atoms with Crippen molar-refractivity contribution < 1.29 is 9.15 Å². The Labute approximate surface area is 161 Å². The van der Waals surface area contributed by atoms with E-state index >= 15 is 0 Å². The van der Waals surface area contributed by atoms with Crippen LogP contribution >= 0.6 is 23.4 Å². The van der Waals surface area contributed by atoms with Crippen molar-refractivity contribution in [3.63, 3.8) is 0 Å². The third-order valence-electron chi connectivity index (χ3n) is 3.56. The quantitative estimate of drug-likeness (QED) is 0.431. The molecule has 0 aliphatic heterocycles. The van der Waals surface area contributed by atoms with Gasteiger partial charge in [0.25, 0.3) is 0 Å². The zero-order valence-corrected chi connectivity index (χ0v) is 16.3. The van der Waals surface area contributed by atoms with Crippen LogP contribution in [0, 0.1) is 13.8 Å². The van der Waals surface area contributed by atoms with Crippen molar-refractivity contribution in [1.29, 1.82) is 0 Å². The zero-order chi connectivity index (χ0) is 18.5. The average Bonchev–Trinajstić information content (AvgIpc) is 3.25. The molecule has 0 radical (unpaired) electrons. The van der Waals surface area contributed by atoms with Crippen molar-refractivity contribution in [3.05, 3.63) is 58.3 Å². The lowest BCUT2D eigenvalue weighted by Crippen LogP contribution is -1.95. The molecule has 2 aromatic heterocycles. The number of ether oxygens (including phenoxy) is 1. The second-order valence-corrected chi connectivity index (χ2v) is 7.21. The summed E-state index contributed by atoms with van der Waals surface area (Å²) in [5.74, 6) is 3.01. The van der Waals surface area contributed by atoms with Gasteiger partial charge in [-0.1, -0.05) is 30.3 Å². The maximum Gasteiger partial charge on any atom is 0.211 e. The standard InChI is InChI=1S/C18H19ClN4O2S/c1-4-26-18-22-20-11-23(18)21-9-14-5-6-15(25-14)10-24-16-7-12(2)17(19)13(3)8-16/h5-9,11H,4,10H2,1-3H3. The lowest BCUT2D eigenvalue weighted by Gasteiger charge is -2.08. The summed E-state index contributed by atoms with van der Waals surface area (Å²) in [7, 11) is 0. The lowest BCUT2D eigenvalue weighted by atomic mass is 10.1. The van der Waals surface area contributed by atoms with Gasteiger partial charge in [0.15, 0.2) is 0 Å². The minimum Gasteiger partial charge on any atom is -0.486 e. The molecule has 2 heterocycles. The fourth-order valence-corrected chi connectivity index (χ4v) is 3.03. The molecule has 136 valence electrons. The van der Waals surface area contributed by atoms with Gasteiger partial charge < -0.3 is 9.15 Å². The van der Waals surface area contributed by atoms with Crippen molar-refractivity contribution in [1.82, 2.24) is 14.9 Å². The highest BCUT2D eigenvalue weighted by Gasteiger charge is 2.06. The Kier molecular flexibility index (Phi) is 6.00. The van der Waals surface area contributed by atoms with Crippen LogP contribution in [0.1, 0.15) is 29.6 Å². The number of hydrogen-bond donors (Lipinski definition) is 0. The van der Waals surface area contributed by atoms with Crippen molar-refractivity contribution in [2.45, 2.75) is 32.5 Å². The van der Waals surface area contributed by atoms with Gasteiger partial charge in [0, 0.05) is 5.02 Å². The van der Waals surface area contributed by atoms with E-state index in [0.717, 1.165) is 32.8 Å². The van der Waals surface area contributed by atoms with Gasteiger partial charge in [-0.15, -0.1) is 10.2 Å². The molecular weight excluding hydrogens is 372 g/mol. The van der Waals surface area contributed by atoms with Crippen LogP contribution in [0.4, 0.5) is 0 Å². The molecule has 26 heavy (non-hydrogen) atoms. The first kappa shape index (κ1) is 18.5. The predicted molar refractivity (Wildman–Crippen MR) is 103 cm³/mol. The zero-order valence-electron chi connectivity index (χ0n) is 14.8. The first-order chi connectivity index (χ1) is 12.6. The van der Waals surface area contributed by atoms with E-state index in [9.17, 15) is 0 Å². The Bertz CT molecular complexity index is 897. The van der Waals surface area contributed by atoms with Gasteiger partial charge in [-0.05, 0) is 55.0 Å². The molecule has 0 N–H and O–H groups in total. The molecular formula is C18H19ClN4O2S. The third kappa shape index (κ3) is 4.47. The summed E-state index contributed by atoms with van der Waals surface area (Å²) >= 11 is 7.75. The number of furan rings is 1. The molecule has 0 spiro atoms. The van der Waals surface area contributed by atoms with E-state index < -0.39 is 0 Å². The fourth-order valence-electron chi connectivity index (χ4n) is 2.33. The van der Waals surface area contributed by atoms with Gasteiger partial charge in [0.05, 0.1) is 6.21 Å². The van der Waals surface area contributed by atoms with E-state index in [-0.39, 0.29) is 0 Å². The third-order valence-corrected chi connectivity index (χ3v) is 4.97. The highest BCUT2D eigenvalue weighted by atomic mass is 35.5. The van der Waals surface area contributed by atoms with Crippen LogP contribution in [-0.2, 0) is 6.61 Å². The van der Waals surface area contributed by atoms with Gasteiger partial charge in [0.2, 0.25) is 5.16 Å². The second-order valence-electron chi connectivity index (χ2n) is 5.60. The molecule has 0 aliphatic carbocycles. The first-order valence-corrected chi connectivity index (χ1v) is 9.48. The van der Waals surface area contributed by atoms with Gasteiger partial charge in [0.1, 0.15) is 30.2 Å². The monoisotopic (exact) mass is 390 g/mol. The molecule has 1 aromatic carbocycles. The summed E-state index contributed by atoms with van der Waals surface area (Å²) in [6.07, 6.45) is 3.19. The first-order valence-electron chi connectivity index (χ1n) is 8.12. The summed E-state index contributed by atoms with van der Waals surface area (Å²) in [5.41, 5.74) is 1.98. The summed E-state index contributed by atoms with van der Waals surface area (Å²) in [4.78, 5) is 0. The van der Waals surface area contributed by atoms with Crippen molar-refractivity contribution in [2.24, 2.45) is 5.10 Å². The summed E-state index contributed by atoms with van der Waals surface area (Å²) < 4.78 is 13.1. The van der Waals surface area contributed by atoms with Crippen molar-refractivity contribution in [3.8, 4) is 5.75 Å². The van der Waals surface area contributed by atoms with E-state index in [4.69, 9.17) is 20.8 Å². The number of thioether (sulfide) groups is 1. The predicted octanol–water partition coefficient (Wildman–Crippen LogP) is 4.71. The minimum absolute atomic E-state index is 0.331. The molecule has 0 atom stereocenters. The largest absolute Gasteiger partial charge is 0.486 e. The maximum atomic E-state index is 6.18. The molecule has 0 saturated carbocycles. The molecule has 3 rings (SSSR count). The molecule has 0 aliphatic rings. The van der Waals surface area contributed by atoms with Crippen LogP contribution in [0.15, 0.2) is 45.3 Å². The Morgan fingerprint density at radius 3 is 2.81 bits per heavy atom. The number of rotatable bonds is 7. The SMILES string of the molecule is CCSc1nncn1N=Cc1ccc(COc2cc(C)c(Cl)c(C)c2)o1. The Morgan fingerprint density at radius 2 is 2.08 bits per heavy atom. The van der Waals surface area contributed by atoms with Gasteiger partial charge in [-0.25, -0.2) is 0 Å². The lowest BCUT2D eigenvalue weighted by molar-refractivity contribution is 0.269. The molecule has 0 amide bonds. The second kappa shape index (κ2) is 8.42. The summed E-state index contributed by atoms with van der Waals surface area (Å²) in [6.45, 7) is 6.30. The van der Waals surface area contributed by atoms with E-state index in [1.807, 2.05) is 38.1 Å². The van der Waals surface area contributed by atoms with E-state index in [0.29, 0.717) is 18.1 Å². The Morgan fingerprint density at radius 1 is 1.31 bits per heavy atom. The smallest absolute Gasteiger partial charge is 0.211 e. The molecule has 0 fully saturated rings. The number of hydrogen-bond acceptors (Lipinski definition) is 6. The summed E-state index contributed by atoms with van der Waals surface area (Å²) in [6, 6.07) is 7.54. The van der Waals surface area contributed by atoms with E-state index in [2.05, 4.69) is 22.2 Å². The van der Waals surface area contributed by atoms with Gasteiger partial charge in [-0.2, -0.15) is 9.78 Å². The Balaban J connectivity index is 1.63. The van der Waals surface area contributed by atoms with Crippen LogP contribution in [0.3, 0.4) is 0 Å². The molecule has 0 bridgehead atoms. The molecule has 6 nitrogen and oxygen atoms in total. The number of halogens is 1. The van der Waals surface area contributed by atoms with E-state index in [1.54, 1.807) is 29.0 Å². The topological polar surface area (TPSA) is 65.4 Å². The van der Waals surface area contributed by atoms with Crippen LogP contribution in [-0.4, -0.2) is 26.8 Å². The number of nitrogens with zero attached hydrogens (tertiary/aromatic N) is 4. The molecule has 8 heteroatoms. The van der Waals surface area contributed by atoms with Crippen molar-refractivity contribution in [2.75, 3.05) is 5.75 Å². The van der Waals surface area contributed by atoms with Crippen LogP contribution in [0.2, 0.25) is 5.02 Å². The molecule has 0 unspecified atom stereocenters. The maximum absolute atomic E-state index is 6.18. The normalized spacial score (nSPS) is 11.4. The van der Waals surface area contributed by atoms with Gasteiger partial charge >= 0.3 is 0 Å². The number of aromatic nitrogens is 3.